The van der Waals surface area contributed by atoms with E-state index in [1.807, 2.05) is 0 Å². The zero-order chi connectivity index (χ0) is 16.6. The van der Waals surface area contributed by atoms with Crippen molar-refractivity contribution in [1.82, 2.24) is 9.88 Å². The number of alkyl halides is 3. The van der Waals surface area contributed by atoms with Crippen LogP contribution in [0.3, 0.4) is 0 Å². The van der Waals surface area contributed by atoms with Crippen LogP contribution in [0, 0.1) is 0 Å². The average molecular weight is 328 g/mol. The van der Waals surface area contributed by atoms with Gasteiger partial charge in [0.25, 0.3) is 0 Å². The molecule has 1 aromatic heterocycles. The first-order valence-electron chi connectivity index (χ1n) is 7.71. The van der Waals surface area contributed by atoms with E-state index in [1.165, 1.54) is 6.07 Å². The first-order valence-corrected chi connectivity index (χ1v) is 7.71. The van der Waals surface area contributed by atoms with Crippen molar-refractivity contribution in [3.05, 3.63) is 29.7 Å². The summed E-state index contributed by atoms with van der Waals surface area (Å²) in [5, 5.41) is 9.55. The molecule has 0 amide bonds. The number of halogens is 3. The van der Waals surface area contributed by atoms with Crippen molar-refractivity contribution in [2.24, 2.45) is 0 Å². The van der Waals surface area contributed by atoms with Gasteiger partial charge in [-0.25, -0.2) is 4.98 Å². The van der Waals surface area contributed by atoms with Crippen LogP contribution < -0.4 is 0 Å². The monoisotopic (exact) mass is 328 g/mol. The summed E-state index contributed by atoms with van der Waals surface area (Å²) in [7, 11) is 0. The highest BCUT2D eigenvalue weighted by Crippen LogP contribution is 2.32. The van der Waals surface area contributed by atoms with Gasteiger partial charge in [0.2, 0.25) is 5.89 Å². The summed E-state index contributed by atoms with van der Waals surface area (Å²) >= 11 is 0. The molecule has 0 spiro atoms. The predicted molar refractivity (Wildman–Crippen MR) is 78.7 cm³/mol. The minimum Gasteiger partial charge on any atom is -0.439 e. The average Bonchev–Trinajstić information content (AvgIpc) is 3.03. The van der Waals surface area contributed by atoms with Crippen molar-refractivity contribution in [3.8, 4) is 0 Å². The van der Waals surface area contributed by atoms with Crippen molar-refractivity contribution in [2.75, 3.05) is 6.54 Å². The van der Waals surface area contributed by atoms with Gasteiger partial charge < -0.3 is 9.52 Å². The summed E-state index contributed by atoms with van der Waals surface area (Å²) in [5.74, 6) is 0.414. The van der Waals surface area contributed by atoms with Crippen molar-refractivity contribution in [2.45, 2.75) is 51.1 Å². The Labute approximate surface area is 131 Å². The number of aliphatic hydroxyl groups is 1. The quantitative estimate of drug-likeness (QED) is 0.932. The Bertz CT molecular complexity index is 682. The van der Waals surface area contributed by atoms with Crippen LogP contribution in [0.2, 0.25) is 0 Å². The largest absolute Gasteiger partial charge is 0.439 e. The van der Waals surface area contributed by atoms with Crippen molar-refractivity contribution in [1.29, 1.82) is 0 Å². The fourth-order valence-electron chi connectivity index (χ4n) is 3.16. The minimum atomic E-state index is -4.38. The lowest BCUT2D eigenvalue weighted by Crippen LogP contribution is -2.31. The molecule has 126 valence electrons. The van der Waals surface area contributed by atoms with Gasteiger partial charge in [0.1, 0.15) is 5.52 Å². The Hall–Kier alpha value is -1.60. The van der Waals surface area contributed by atoms with E-state index in [0.717, 1.165) is 31.5 Å². The molecule has 23 heavy (non-hydrogen) atoms. The van der Waals surface area contributed by atoms with Gasteiger partial charge in [-0.2, -0.15) is 13.2 Å². The maximum Gasteiger partial charge on any atom is 0.416 e. The van der Waals surface area contributed by atoms with Crippen molar-refractivity contribution in [3.63, 3.8) is 0 Å². The molecule has 0 radical (unpaired) electrons. The van der Waals surface area contributed by atoms with Crippen LogP contribution in [0.4, 0.5) is 13.2 Å². The summed E-state index contributed by atoms with van der Waals surface area (Å²) in [6, 6.07) is 3.59. The summed E-state index contributed by atoms with van der Waals surface area (Å²) in [6.07, 6.45) is -2.04. The Morgan fingerprint density at radius 1 is 1.43 bits per heavy atom. The molecule has 1 N–H and O–H groups in total. The third-order valence-corrected chi connectivity index (χ3v) is 4.21. The predicted octanol–water partition coefficient (Wildman–Crippen LogP) is 3.58. The molecule has 2 aromatic rings. The highest BCUT2D eigenvalue weighted by Gasteiger charge is 2.31. The highest BCUT2D eigenvalue weighted by atomic mass is 19.4. The molecule has 3 rings (SSSR count). The molecule has 1 saturated heterocycles. The lowest BCUT2D eigenvalue weighted by molar-refractivity contribution is -0.137. The first kappa shape index (κ1) is 16.3. The Balaban J connectivity index is 1.78. The van der Waals surface area contributed by atoms with Crippen molar-refractivity contribution >= 4 is 11.1 Å². The molecule has 0 saturated carbocycles. The normalized spacial score (nSPS) is 21.2. The SMILES string of the molecule is CC(O)CC1CCCN1Cc1nc2cc(C(F)(F)F)ccc2o1. The molecular weight excluding hydrogens is 309 g/mol. The number of oxazole rings is 1. The minimum absolute atomic E-state index is 0.223. The van der Waals surface area contributed by atoms with E-state index >= 15 is 0 Å². The fourth-order valence-corrected chi connectivity index (χ4v) is 3.16. The summed E-state index contributed by atoms with van der Waals surface area (Å²) < 4.78 is 43.8. The summed E-state index contributed by atoms with van der Waals surface area (Å²) in [6.45, 7) is 3.09. The van der Waals surface area contributed by atoms with Gasteiger partial charge in [-0.3, -0.25) is 4.90 Å². The fraction of sp³-hybridized carbons (Fsp3) is 0.562. The summed E-state index contributed by atoms with van der Waals surface area (Å²) in [4.78, 5) is 6.36. The van der Waals surface area contributed by atoms with Gasteiger partial charge >= 0.3 is 6.18 Å². The topological polar surface area (TPSA) is 49.5 Å². The van der Waals surface area contributed by atoms with Gasteiger partial charge in [-0.05, 0) is 50.9 Å². The molecule has 1 aliphatic rings. The number of nitrogens with zero attached hydrogens (tertiary/aromatic N) is 2. The standard InChI is InChI=1S/C16H19F3N2O2/c1-10(22)7-12-3-2-6-21(12)9-15-20-13-8-11(16(17,18)19)4-5-14(13)23-15/h4-5,8,10,12,22H,2-3,6-7,9H2,1H3. The smallest absolute Gasteiger partial charge is 0.416 e. The second-order valence-corrected chi connectivity index (χ2v) is 6.14. The van der Waals surface area contributed by atoms with Crippen molar-refractivity contribution < 1.29 is 22.7 Å². The van der Waals surface area contributed by atoms with Gasteiger partial charge in [-0.15, -0.1) is 0 Å². The van der Waals surface area contributed by atoms with Crippen LogP contribution in [0.25, 0.3) is 11.1 Å². The maximum atomic E-state index is 12.7. The van der Waals surface area contributed by atoms with Crippen LogP contribution in [0.15, 0.2) is 22.6 Å². The number of benzene rings is 1. The molecular formula is C16H19F3N2O2. The molecule has 7 heteroatoms. The van der Waals surface area contributed by atoms with E-state index in [9.17, 15) is 18.3 Å². The van der Waals surface area contributed by atoms with E-state index in [2.05, 4.69) is 9.88 Å². The van der Waals surface area contributed by atoms with Crippen LogP contribution >= 0.6 is 0 Å². The lowest BCUT2D eigenvalue weighted by atomic mass is 10.1. The molecule has 0 bridgehead atoms. The molecule has 0 aliphatic carbocycles. The van der Waals surface area contributed by atoms with Crippen LogP contribution in [0.5, 0.6) is 0 Å². The second-order valence-electron chi connectivity index (χ2n) is 6.14. The Kier molecular flexibility index (Phi) is 4.33. The zero-order valence-electron chi connectivity index (χ0n) is 12.8. The number of rotatable bonds is 4. The zero-order valence-corrected chi connectivity index (χ0v) is 12.8. The van der Waals surface area contributed by atoms with E-state index < -0.39 is 11.7 Å². The van der Waals surface area contributed by atoms with E-state index in [1.54, 1.807) is 6.92 Å². The molecule has 2 heterocycles. The van der Waals surface area contributed by atoms with Crippen LogP contribution in [-0.4, -0.2) is 33.7 Å². The number of hydrogen-bond donors (Lipinski definition) is 1. The molecule has 1 fully saturated rings. The lowest BCUT2D eigenvalue weighted by Gasteiger charge is -2.23. The van der Waals surface area contributed by atoms with Gasteiger partial charge in [0, 0.05) is 6.04 Å². The number of likely N-dealkylation sites (tertiary alicyclic amines) is 1. The molecule has 4 nitrogen and oxygen atoms in total. The third-order valence-electron chi connectivity index (χ3n) is 4.21. The van der Waals surface area contributed by atoms with Crippen LogP contribution in [-0.2, 0) is 12.7 Å². The van der Waals surface area contributed by atoms with E-state index in [0.29, 0.717) is 24.4 Å². The maximum absolute atomic E-state index is 12.7. The number of aromatic nitrogens is 1. The number of aliphatic hydroxyl groups excluding tert-OH is 1. The molecule has 2 atom stereocenters. The van der Waals surface area contributed by atoms with Gasteiger partial charge in [-0.1, -0.05) is 0 Å². The van der Waals surface area contributed by atoms with E-state index in [4.69, 9.17) is 4.42 Å². The number of hydrogen-bond acceptors (Lipinski definition) is 4. The number of fused-ring (bicyclic) bond motifs is 1. The Morgan fingerprint density at radius 3 is 2.91 bits per heavy atom. The third kappa shape index (κ3) is 3.67. The van der Waals surface area contributed by atoms with Crippen LogP contribution in [0.1, 0.15) is 37.6 Å². The van der Waals surface area contributed by atoms with E-state index in [-0.39, 0.29) is 17.7 Å². The highest BCUT2D eigenvalue weighted by molar-refractivity contribution is 5.73. The summed E-state index contributed by atoms with van der Waals surface area (Å²) in [5.41, 5.74) is -0.140. The first-order chi connectivity index (χ1) is 10.8. The molecule has 2 unspecified atom stereocenters. The Morgan fingerprint density at radius 2 is 2.22 bits per heavy atom. The second kappa shape index (κ2) is 6.13. The van der Waals surface area contributed by atoms with Gasteiger partial charge in [0.05, 0.1) is 18.2 Å². The van der Waals surface area contributed by atoms with Gasteiger partial charge in [0.15, 0.2) is 5.58 Å². The molecule has 1 aliphatic heterocycles. The molecule has 1 aromatic carbocycles.